The zero-order valence-corrected chi connectivity index (χ0v) is 13.5. The predicted octanol–water partition coefficient (Wildman–Crippen LogP) is 3.33. The van der Waals surface area contributed by atoms with Crippen LogP contribution in [-0.2, 0) is 17.6 Å². The molecule has 1 amide bonds. The number of nitrogens with zero attached hydrogens (tertiary/aromatic N) is 2. The van der Waals surface area contributed by atoms with Gasteiger partial charge in [0.1, 0.15) is 11.4 Å². The quantitative estimate of drug-likeness (QED) is 0.892. The van der Waals surface area contributed by atoms with Crippen molar-refractivity contribution in [2.45, 2.75) is 33.6 Å². The standard InChI is InChI=1S/C18H19N3O2/c1-10(2)8-16-18(19-11(3)22)21-15-7-4-12-9-13(23)5-6-14(12)17(15)20-16/h5-6,8-9,23H,4,7H2,1-3H3,(H,19,21,22). The lowest BCUT2D eigenvalue weighted by Gasteiger charge is -2.20. The van der Waals surface area contributed by atoms with Crippen LogP contribution in [-0.4, -0.2) is 21.0 Å². The Kier molecular flexibility index (Phi) is 3.86. The number of phenols is 1. The highest BCUT2D eigenvalue weighted by atomic mass is 16.3. The summed E-state index contributed by atoms with van der Waals surface area (Å²) < 4.78 is 0. The topological polar surface area (TPSA) is 75.1 Å². The molecule has 1 heterocycles. The Morgan fingerprint density at radius 3 is 2.70 bits per heavy atom. The van der Waals surface area contributed by atoms with Crippen LogP contribution >= 0.6 is 0 Å². The summed E-state index contributed by atoms with van der Waals surface area (Å²) in [5, 5.41) is 12.4. The first-order valence-corrected chi connectivity index (χ1v) is 7.59. The van der Waals surface area contributed by atoms with Crippen molar-refractivity contribution in [1.82, 2.24) is 9.97 Å². The summed E-state index contributed by atoms with van der Waals surface area (Å²) in [7, 11) is 0. The molecular weight excluding hydrogens is 290 g/mol. The zero-order chi connectivity index (χ0) is 16.6. The first kappa shape index (κ1) is 15.2. The molecule has 0 saturated heterocycles. The molecule has 1 aliphatic carbocycles. The minimum atomic E-state index is -0.163. The van der Waals surface area contributed by atoms with Crippen molar-refractivity contribution < 1.29 is 9.90 Å². The van der Waals surface area contributed by atoms with E-state index in [9.17, 15) is 9.90 Å². The second-order valence-electron chi connectivity index (χ2n) is 6.00. The molecule has 1 aliphatic rings. The number of amides is 1. The zero-order valence-electron chi connectivity index (χ0n) is 13.5. The number of fused-ring (bicyclic) bond motifs is 3. The Bertz CT molecular complexity index is 821. The molecule has 0 aliphatic heterocycles. The number of hydrogen-bond donors (Lipinski definition) is 2. The highest BCUT2D eigenvalue weighted by molar-refractivity contribution is 5.90. The number of aryl methyl sites for hydroxylation is 2. The number of phenolic OH excluding ortho intramolecular Hbond substituents is 1. The monoisotopic (exact) mass is 309 g/mol. The number of hydrogen-bond acceptors (Lipinski definition) is 4. The van der Waals surface area contributed by atoms with E-state index in [1.807, 2.05) is 26.0 Å². The minimum absolute atomic E-state index is 0.163. The Morgan fingerprint density at radius 1 is 1.22 bits per heavy atom. The third-order valence-electron chi connectivity index (χ3n) is 3.69. The van der Waals surface area contributed by atoms with Crippen LogP contribution in [0, 0.1) is 0 Å². The Hall–Kier alpha value is -2.69. The summed E-state index contributed by atoms with van der Waals surface area (Å²) in [6.07, 6.45) is 3.45. The molecule has 2 N–H and O–H groups in total. The van der Waals surface area contributed by atoms with Gasteiger partial charge in [0.05, 0.1) is 11.4 Å². The van der Waals surface area contributed by atoms with E-state index in [1.165, 1.54) is 6.92 Å². The molecule has 2 aromatic rings. The van der Waals surface area contributed by atoms with Gasteiger partial charge in [-0.2, -0.15) is 0 Å². The van der Waals surface area contributed by atoms with Crippen LogP contribution in [0.3, 0.4) is 0 Å². The normalized spacial score (nSPS) is 12.1. The average Bonchev–Trinajstić information content (AvgIpc) is 2.46. The van der Waals surface area contributed by atoms with Crippen molar-refractivity contribution in [3.8, 4) is 17.0 Å². The fourth-order valence-corrected chi connectivity index (χ4v) is 2.78. The van der Waals surface area contributed by atoms with Crippen molar-refractivity contribution in [2.75, 3.05) is 5.32 Å². The number of nitrogens with one attached hydrogen (secondary N) is 1. The first-order chi connectivity index (χ1) is 10.9. The smallest absolute Gasteiger partial charge is 0.222 e. The van der Waals surface area contributed by atoms with Gasteiger partial charge in [0.2, 0.25) is 5.91 Å². The van der Waals surface area contributed by atoms with Crippen molar-refractivity contribution in [2.24, 2.45) is 0 Å². The fraction of sp³-hybridized carbons (Fsp3) is 0.278. The number of benzene rings is 1. The van der Waals surface area contributed by atoms with Crippen molar-refractivity contribution in [3.63, 3.8) is 0 Å². The van der Waals surface area contributed by atoms with Crippen LogP contribution < -0.4 is 5.32 Å². The lowest BCUT2D eigenvalue weighted by atomic mass is 9.91. The molecule has 23 heavy (non-hydrogen) atoms. The molecule has 0 fully saturated rings. The molecule has 0 saturated carbocycles. The van der Waals surface area contributed by atoms with Gasteiger partial charge in [-0.05, 0) is 56.5 Å². The van der Waals surface area contributed by atoms with Crippen LogP contribution in [0.5, 0.6) is 5.75 Å². The lowest BCUT2D eigenvalue weighted by molar-refractivity contribution is -0.114. The van der Waals surface area contributed by atoms with Gasteiger partial charge < -0.3 is 10.4 Å². The molecule has 1 aromatic carbocycles. The van der Waals surface area contributed by atoms with E-state index in [4.69, 9.17) is 4.98 Å². The average molecular weight is 309 g/mol. The summed E-state index contributed by atoms with van der Waals surface area (Å²) in [5.41, 5.74) is 5.50. The number of anilines is 1. The second kappa shape index (κ2) is 5.83. The Balaban J connectivity index is 2.18. The van der Waals surface area contributed by atoms with Gasteiger partial charge in [-0.25, -0.2) is 9.97 Å². The van der Waals surface area contributed by atoms with E-state index < -0.39 is 0 Å². The van der Waals surface area contributed by atoms with E-state index >= 15 is 0 Å². The molecule has 0 bridgehead atoms. The molecule has 1 aromatic heterocycles. The van der Waals surface area contributed by atoms with Gasteiger partial charge in [-0.3, -0.25) is 4.79 Å². The summed E-state index contributed by atoms with van der Waals surface area (Å²) in [4.78, 5) is 20.8. The van der Waals surface area contributed by atoms with Crippen molar-refractivity contribution in [1.29, 1.82) is 0 Å². The predicted molar refractivity (Wildman–Crippen MR) is 90.2 cm³/mol. The van der Waals surface area contributed by atoms with E-state index in [0.717, 1.165) is 40.9 Å². The largest absolute Gasteiger partial charge is 0.508 e. The number of rotatable bonds is 2. The van der Waals surface area contributed by atoms with E-state index in [1.54, 1.807) is 12.1 Å². The van der Waals surface area contributed by atoms with Crippen molar-refractivity contribution >= 4 is 17.8 Å². The molecule has 0 atom stereocenters. The molecule has 0 unspecified atom stereocenters. The van der Waals surface area contributed by atoms with Crippen LogP contribution in [0.1, 0.15) is 37.7 Å². The van der Waals surface area contributed by atoms with Gasteiger partial charge in [0.25, 0.3) is 0 Å². The maximum Gasteiger partial charge on any atom is 0.222 e. The number of aromatic hydroxyl groups is 1. The van der Waals surface area contributed by atoms with Gasteiger partial charge in [0, 0.05) is 12.5 Å². The summed E-state index contributed by atoms with van der Waals surface area (Å²) in [6, 6.07) is 5.32. The van der Waals surface area contributed by atoms with E-state index in [-0.39, 0.29) is 11.7 Å². The van der Waals surface area contributed by atoms with Gasteiger partial charge >= 0.3 is 0 Å². The van der Waals surface area contributed by atoms with Crippen LogP contribution in [0.15, 0.2) is 23.8 Å². The highest BCUT2D eigenvalue weighted by Gasteiger charge is 2.21. The van der Waals surface area contributed by atoms with Gasteiger partial charge in [-0.15, -0.1) is 0 Å². The van der Waals surface area contributed by atoms with Crippen LogP contribution in [0.4, 0.5) is 5.82 Å². The maximum atomic E-state index is 11.4. The molecular formula is C18H19N3O2. The maximum absolute atomic E-state index is 11.4. The summed E-state index contributed by atoms with van der Waals surface area (Å²) in [5.74, 6) is 0.600. The third kappa shape index (κ3) is 3.08. The number of carbonyl (C=O) groups is 1. The van der Waals surface area contributed by atoms with Crippen LogP contribution in [0.2, 0.25) is 0 Å². The van der Waals surface area contributed by atoms with Crippen LogP contribution in [0.25, 0.3) is 17.3 Å². The second-order valence-corrected chi connectivity index (χ2v) is 6.00. The van der Waals surface area contributed by atoms with Gasteiger partial charge in [-0.1, -0.05) is 5.57 Å². The highest BCUT2D eigenvalue weighted by Crippen LogP contribution is 2.34. The third-order valence-corrected chi connectivity index (χ3v) is 3.69. The first-order valence-electron chi connectivity index (χ1n) is 7.59. The Morgan fingerprint density at radius 2 is 2.00 bits per heavy atom. The number of aromatic nitrogens is 2. The minimum Gasteiger partial charge on any atom is -0.508 e. The molecule has 3 rings (SSSR count). The summed E-state index contributed by atoms with van der Waals surface area (Å²) in [6.45, 7) is 5.42. The molecule has 0 spiro atoms. The summed E-state index contributed by atoms with van der Waals surface area (Å²) >= 11 is 0. The van der Waals surface area contributed by atoms with Crippen molar-refractivity contribution in [3.05, 3.63) is 40.7 Å². The fourth-order valence-electron chi connectivity index (χ4n) is 2.78. The van der Waals surface area contributed by atoms with E-state index in [0.29, 0.717) is 11.5 Å². The molecule has 118 valence electrons. The number of carbonyl (C=O) groups excluding carboxylic acids is 1. The Labute approximate surface area is 135 Å². The number of allylic oxidation sites excluding steroid dienone is 1. The van der Waals surface area contributed by atoms with E-state index in [2.05, 4.69) is 10.3 Å². The molecule has 0 radical (unpaired) electrons. The van der Waals surface area contributed by atoms with Gasteiger partial charge in [0.15, 0.2) is 5.82 Å². The molecule has 5 heteroatoms. The lowest BCUT2D eigenvalue weighted by Crippen LogP contribution is -2.15. The molecule has 5 nitrogen and oxygen atoms in total. The SMILES string of the molecule is CC(=O)Nc1nc2c(nc1C=C(C)C)-c1ccc(O)cc1CC2.